The molecule has 0 bridgehead atoms. The number of ether oxygens (including phenoxy) is 1. The molecule has 3 aromatic rings. The number of nitrogens with zero attached hydrogens (tertiary/aromatic N) is 4. The van der Waals surface area contributed by atoms with E-state index in [-0.39, 0.29) is 36.6 Å². The summed E-state index contributed by atoms with van der Waals surface area (Å²) in [6.45, 7) is 6.12. The molecule has 2 aromatic heterocycles. The number of cyclic esters (lactones) is 1. The first-order chi connectivity index (χ1) is 19.5. The highest BCUT2D eigenvalue weighted by Gasteiger charge is 2.48. The average Bonchev–Trinajstić information content (AvgIpc) is 3.59. The summed E-state index contributed by atoms with van der Waals surface area (Å²) in [6, 6.07) is 8.01. The smallest absolute Gasteiger partial charge is 0.338 e. The standard InChI is InChI=1S/C30H39N5O5S/c1-5-22-15-21(10-11-23(22)18-31-41(4,38)39)12-13-30(24-8-6-7-9-24)17-26(36)25(28(37)40-30)16-27-33-29-32-19(2)14-20(3)35(29)34-27/h10-11,14-15,24,31,36H,5-9,12-13,16-18H2,1-4H3. The molecule has 0 saturated heterocycles. The first-order valence-corrected chi connectivity index (χ1v) is 16.2. The van der Waals surface area contributed by atoms with Crippen molar-refractivity contribution in [2.24, 2.45) is 5.92 Å². The molecule has 2 N–H and O–H groups in total. The van der Waals surface area contributed by atoms with Gasteiger partial charge in [-0.2, -0.15) is 4.98 Å². The van der Waals surface area contributed by atoms with Crippen LogP contribution in [0, 0.1) is 19.8 Å². The summed E-state index contributed by atoms with van der Waals surface area (Å²) in [7, 11) is -3.28. The van der Waals surface area contributed by atoms with Crippen LogP contribution in [-0.4, -0.2) is 50.9 Å². The molecule has 1 saturated carbocycles. The van der Waals surface area contributed by atoms with Gasteiger partial charge >= 0.3 is 5.97 Å². The molecular weight excluding hydrogens is 542 g/mol. The van der Waals surface area contributed by atoms with E-state index in [0.29, 0.717) is 24.4 Å². The molecule has 41 heavy (non-hydrogen) atoms. The Kier molecular flexibility index (Phi) is 8.20. The quantitative estimate of drug-likeness (QED) is 0.340. The number of rotatable bonds is 10. The van der Waals surface area contributed by atoms with Crippen LogP contribution in [-0.2, 0) is 45.4 Å². The third-order valence-corrected chi connectivity index (χ3v) is 9.14. The number of aliphatic hydroxyl groups is 1. The van der Waals surface area contributed by atoms with Gasteiger partial charge in [0.25, 0.3) is 5.78 Å². The van der Waals surface area contributed by atoms with Crippen LogP contribution in [0.3, 0.4) is 0 Å². The Bertz CT molecular complexity index is 1610. The molecule has 1 unspecified atom stereocenters. The molecular formula is C30H39N5O5S. The molecule has 10 nitrogen and oxygen atoms in total. The Hall–Kier alpha value is -3.31. The fraction of sp³-hybridized carbons (Fsp3) is 0.533. The number of benzene rings is 1. The lowest BCUT2D eigenvalue weighted by Crippen LogP contribution is -2.46. The number of hydrogen-bond donors (Lipinski definition) is 2. The molecule has 1 aliphatic carbocycles. The van der Waals surface area contributed by atoms with E-state index in [9.17, 15) is 18.3 Å². The maximum absolute atomic E-state index is 13.5. The second-order valence-electron chi connectivity index (χ2n) is 11.5. The second-order valence-corrected chi connectivity index (χ2v) is 13.4. The van der Waals surface area contributed by atoms with E-state index in [4.69, 9.17) is 4.74 Å². The molecule has 0 spiro atoms. The number of carbonyl (C=O) groups is 1. The highest BCUT2D eigenvalue weighted by atomic mass is 32.2. The van der Waals surface area contributed by atoms with Gasteiger partial charge in [0.15, 0.2) is 5.82 Å². The maximum Gasteiger partial charge on any atom is 0.338 e. The van der Waals surface area contributed by atoms with Crippen LogP contribution in [0.2, 0.25) is 0 Å². The molecule has 1 fully saturated rings. The molecule has 5 rings (SSSR count). The van der Waals surface area contributed by atoms with Gasteiger partial charge in [-0.3, -0.25) is 0 Å². The lowest BCUT2D eigenvalue weighted by molar-refractivity contribution is -0.167. The summed E-state index contributed by atoms with van der Waals surface area (Å²) in [6.07, 6.45) is 7.65. The molecule has 0 amide bonds. The largest absolute Gasteiger partial charge is 0.512 e. The van der Waals surface area contributed by atoms with Crippen molar-refractivity contribution in [2.75, 3.05) is 6.26 Å². The number of hydrogen-bond acceptors (Lipinski definition) is 8. The molecule has 1 aromatic carbocycles. The van der Waals surface area contributed by atoms with Crippen LogP contribution < -0.4 is 4.72 Å². The van der Waals surface area contributed by atoms with Crippen LogP contribution >= 0.6 is 0 Å². The summed E-state index contributed by atoms with van der Waals surface area (Å²) >= 11 is 0. The topological polar surface area (TPSA) is 136 Å². The van der Waals surface area contributed by atoms with Crippen molar-refractivity contribution in [1.82, 2.24) is 24.3 Å². The van der Waals surface area contributed by atoms with Crippen molar-refractivity contribution >= 4 is 21.8 Å². The predicted octanol–water partition coefficient (Wildman–Crippen LogP) is 4.22. The number of aryl methyl sites for hydroxylation is 4. The SMILES string of the molecule is CCc1cc(CCC2(C3CCCC3)CC(O)=C(Cc3nc4nc(C)cc(C)n4n3)C(=O)O2)ccc1CNS(C)(=O)=O. The Balaban J connectivity index is 1.36. The van der Waals surface area contributed by atoms with Crippen LogP contribution in [0.25, 0.3) is 5.78 Å². The van der Waals surface area contributed by atoms with Gasteiger partial charge in [-0.05, 0) is 74.6 Å². The Labute approximate surface area is 241 Å². The Morgan fingerprint density at radius 2 is 1.90 bits per heavy atom. The lowest BCUT2D eigenvalue weighted by Gasteiger charge is -2.41. The molecule has 3 heterocycles. The van der Waals surface area contributed by atoms with Gasteiger partial charge in [0, 0.05) is 30.8 Å². The number of nitrogens with one attached hydrogen (secondary N) is 1. The Morgan fingerprint density at radius 3 is 2.59 bits per heavy atom. The first-order valence-electron chi connectivity index (χ1n) is 14.4. The molecule has 1 atom stereocenters. The van der Waals surface area contributed by atoms with Crippen molar-refractivity contribution in [1.29, 1.82) is 0 Å². The van der Waals surface area contributed by atoms with Gasteiger partial charge in [-0.25, -0.2) is 27.4 Å². The van der Waals surface area contributed by atoms with Crippen LogP contribution in [0.4, 0.5) is 0 Å². The number of aliphatic hydroxyl groups excluding tert-OH is 1. The third-order valence-electron chi connectivity index (χ3n) is 8.47. The van der Waals surface area contributed by atoms with Gasteiger partial charge in [0.1, 0.15) is 11.4 Å². The minimum atomic E-state index is -3.28. The average molecular weight is 582 g/mol. The fourth-order valence-electron chi connectivity index (χ4n) is 6.33. The van der Waals surface area contributed by atoms with Crippen LogP contribution in [0.15, 0.2) is 35.6 Å². The van der Waals surface area contributed by atoms with E-state index in [2.05, 4.69) is 25.9 Å². The van der Waals surface area contributed by atoms with Gasteiger partial charge < -0.3 is 9.84 Å². The van der Waals surface area contributed by atoms with E-state index < -0.39 is 21.6 Å². The second kappa shape index (κ2) is 11.5. The minimum absolute atomic E-state index is 0.0595. The lowest BCUT2D eigenvalue weighted by atomic mass is 9.76. The molecule has 11 heteroatoms. The minimum Gasteiger partial charge on any atom is -0.512 e. The zero-order valence-corrected chi connectivity index (χ0v) is 25.1. The summed E-state index contributed by atoms with van der Waals surface area (Å²) in [4.78, 5) is 22.4. The summed E-state index contributed by atoms with van der Waals surface area (Å²) in [5, 5.41) is 15.8. The van der Waals surface area contributed by atoms with Gasteiger partial charge in [0.2, 0.25) is 10.0 Å². The highest BCUT2D eigenvalue weighted by molar-refractivity contribution is 7.88. The van der Waals surface area contributed by atoms with Crippen molar-refractivity contribution in [3.8, 4) is 0 Å². The molecule has 1 aliphatic heterocycles. The number of carbonyl (C=O) groups excluding carboxylic acids is 1. The fourth-order valence-corrected chi connectivity index (χ4v) is 6.75. The first kappa shape index (κ1) is 29.2. The Morgan fingerprint density at radius 1 is 1.15 bits per heavy atom. The number of sulfonamides is 1. The van der Waals surface area contributed by atoms with E-state index in [1.54, 1.807) is 4.52 Å². The van der Waals surface area contributed by atoms with Gasteiger partial charge in [0.05, 0.1) is 11.8 Å². The maximum atomic E-state index is 13.5. The summed E-state index contributed by atoms with van der Waals surface area (Å²) < 4.78 is 33.6. The zero-order valence-electron chi connectivity index (χ0n) is 24.2. The number of esters is 1. The highest BCUT2D eigenvalue weighted by Crippen LogP contribution is 2.46. The van der Waals surface area contributed by atoms with E-state index in [1.807, 2.05) is 39.0 Å². The van der Waals surface area contributed by atoms with E-state index in [0.717, 1.165) is 66.4 Å². The van der Waals surface area contributed by atoms with Crippen LogP contribution in [0.1, 0.15) is 79.4 Å². The summed E-state index contributed by atoms with van der Waals surface area (Å²) in [5.74, 6) is 0.616. The summed E-state index contributed by atoms with van der Waals surface area (Å²) in [5.41, 5.74) is 4.29. The van der Waals surface area contributed by atoms with E-state index in [1.165, 1.54) is 0 Å². The van der Waals surface area contributed by atoms with Crippen molar-refractivity contribution < 1.29 is 23.1 Å². The monoisotopic (exact) mass is 581 g/mol. The molecule has 2 aliphatic rings. The third kappa shape index (κ3) is 6.46. The predicted molar refractivity (Wildman–Crippen MR) is 155 cm³/mol. The van der Waals surface area contributed by atoms with Crippen LogP contribution in [0.5, 0.6) is 0 Å². The zero-order chi connectivity index (χ0) is 29.4. The van der Waals surface area contributed by atoms with Gasteiger partial charge in [-0.1, -0.05) is 38.0 Å². The van der Waals surface area contributed by atoms with Crippen molar-refractivity contribution in [3.63, 3.8) is 0 Å². The van der Waals surface area contributed by atoms with Crippen molar-refractivity contribution in [3.05, 3.63) is 69.5 Å². The molecule has 220 valence electrons. The number of aromatic nitrogens is 4. The van der Waals surface area contributed by atoms with E-state index >= 15 is 0 Å². The van der Waals surface area contributed by atoms with Crippen molar-refractivity contribution in [2.45, 2.75) is 90.7 Å². The molecule has 0 radical (unpaired) electrons. The normalized spacial score (nSPS) is 20.2. The number of fused-ring (bicyclic) bond motifs is 1. The van der Waals surface area contributed by atoms with Gasteiger partial charge in [-0.15, -0.1) is 5.10 Å².